The number of halogens is 1. The molecule has 7 heavy (non-hydrogen) atoms. The van der Waals surface area contributed by atoms with Gasteiger partial charge in [0.15, 0.2) is 0 Å². The Morgan fingerprint density at radius 3 is 2.71 bits per heavy atom. The van der Waals surface area contributed by atoms with E-state index in [0.29, 0.717) is 0 Å². The molecule has 0 rings (SSSR count). The third kappa shape index (κ3) is 4.09. The fourth-order valence-corrected chi connectivity index (χ4v) is 0.761. The molecule has 0 amide bonds. The van der Waals surface area contributed by atoms with E-state index in [4.69, 9.17) is 0 Å². The minimum Gasteiger partial charge on any atom is -0.274 e. The molecule has 0 aromatic carbocycles. The highest BCUT2D eigenvalue weighted by Gasteiger charge is 1.81. The fraction of sp³-hybridized carbons (Fsp3) is 0.250. The van der Waals surface area contributed by atoms with Crippen molar-refractivity contribution in [2.75, 3.05) is 7.05 Å². The van der Waals surface area contributed by atoms with Crippen LogP contribution in [0, 0.1) is 0 Å². The number of rotatable bonds is 1. The van der Waals surface area contributed by atoms with Crippen LogP contribution in [-0.2, 0) is 0 Å². The van der Waals surface area contributed by atoms with Crippen molar-refractivity contribution in [3.8, 4) is 0 Å². The van der Waals surface area contributed by atoms with Gasteiger partial charge in [-0.05, 0) is 21.3 Å². The van der Waals surface area contributed by atoms with Crippen molar-refractivity contribution in [3.63, 3.8) is 0 Å². The van der Waals surface area contributed by atoms with E-state index < -0.39 is 0 Å². The fourth-order valence-electron chi connectivity index (χ4n) is 0.121. The van der Waals surface area contributed by atoms with Gasteiger partial charge < -0.3 is 0 Å². The third-order valence-corrected chi connectivity index (χ3v) is 1.82. The molecule has 0 unspecified atom stereocenters. The van der Waals surface area contributed by atoms with Gasteiger partial charge in [0.25, 0.3) is 0 Å². The van der Waals surface area contributed by atoms with Gasteiger partial charge in [-0.3, -0.25) is 4.99 Å². The molecule has 0 N–H and O–H groups in total. The van der Waals surface area contributed by atoms with Gasteiger partial charge in [-0.15, -0.1) is 0 Å². The van der Waals surface area contributed by atoms with Crippen molar-refractivity contribution >= 4 is 31.6 Å². The van der Waals surface area contributed by atoms with E-state index in [1.807, 2.05) is 0 Å². The maximum absolute atomic E-state index is 3.80. The Kier molecular flexibility index (Phi) is 4.55. The molecule has 3 heteroatoms. The van der Waals surface area contributed by atoms with E-state index >= 15 is 0 Å². The van der Waals surface area contributed by atoms with Gasteiger partial charge >= 0.3 is 0 Å². The van der Waals surface area contributed by atoms with E-state index in [0.717, 1.165) is 3.95 Å². The molecule has 0 saturated carbocycles. The van der Waals surface area contributed by atoms with Crippen LogP contribution in [0.2, 0.25) is 0 Å². The summed E-state index contributed by atoms with van der Waals surface area (Å²) in [7, 11) is 1.72. The van der Waals surface area contributed by atoms with Crippen molar-refractivity contribution in [1.29, 1.82) is 0 Å². The minimum atomic E-state index is 0.863. The smallest absolute Gasteiger partial charge is 0.138 e. The summed E-state index contributed by atoms with van der Waals surface area (Å²) in [4.78, 5) is 3.80. The average molecular weight is 180 g/mol. The van der Waals surface area contributed by atoms with Gasteiger partial charge in [-0.2, -0.15) is 0 Å². The molecule has 1 nitrogen and oxygen atoms in total. The number of aliphatic imine (C=N–C) groups is 1. The summed E-state index contributed by atoms with van der Waals surface area (Å²) in [6.07, 6.45) is 0. The largest absolute Gasteiger partial charge is 0.274 e. The molecule has 0 heterocycles. The molecule has 40 valence electrons. The van der Waals surface area contributed by atoms with Crippen LogP contribution in [0.1, 0.15) is 0 Å². The summed E-state index contributed by atoms with van der Waals surface area (Å²) < 4.78 is 0.863. The van der Waals surface area contributed by atoms with Crippen molar-refractivity contribution < 1.29 is 0 Å². The van der Waals surface area contributed by atoms with Gasteiger partial charge in [0.1, 0.15) is 3.95 Å². The van der Waals surface area contributed by atoms with Gasteiger partial charge in [0, 0.05) is 7.05 Å². The van der Waals surface area contributed by atoms with Crippen LogP contribution in [-0.4, -0.2) is 11.0 Å². The highest BCUT2D eigenvalue weighted by molar-refractivity contribution is 9.22. The highest BCUT2D eigenvalue weighted by Crippen LogP contribution is 2.08. The number of hydrogen-bond acceptors (Lipinski definition) is 2. The first kappa shape index (κ1) is 7.24. The van der Waals surface area contributed by atoms with E-state index in [1.54, 1.807) is 12.5 Å². The summed E-state index contributed by atoms with van der Waals surface area (Å²) in [5, 5.41) is 1.72. The predicted octanol–water partition coefficient (Wildman–Crippen LogP) is 2.24. The second-order valence-electron chi connectivity index (χ2n) is 0.761. The lowest BCUT2D eigenvalue weighted by Gasteiger charge is -1.83. The summed E-state index contributed by atoms with van der Waals surface area (Å²) in [5.41, 5.74) is 0. The van der Waals surface area contributed by atoms with Crippen LogP contribution in [0.25, 0.3) is 0 Å². The van der Waals surface area contributed by atoms with Crippen LogP contribution < -0.4 is 0 Å². The molecule has 0 aliphatic rings. The normalized spacial score (nSPS) is 11.4. The zero-order valence-corrected chi connectivity index (χ0v) is 6.42. The lowest BCUT2D eigenvalue weighted by molar-refractivity contribution is 1.48. The minimum absolute atomic E-state index is 0.863. The average Bonchev–Trinajstić information content (AvgIpc) is 1.68. The Morgan fingerprint density at radius 1 is 2.00 bits per heavy atom. The molecular weight excluding hydrogens is 174 g/mol. The standard InChI is InChI=1S/C4H6BrNS/c1-3-7-4(5)6-2/h3H,1H2,2H3. The van der Waals surface area contributed by atoms with Crippen molar-refractivity contribution in [2.45, 2.75) is 0 Å². The van der Waals surface area contributed by atoms with Crippen molar-refractivity contribution in [2.24, 2.45) is 4.99 Å². The molecule has 0 spiro atoms. The highest BCUT2D eigenvalue weighted by atomic mass is 79.9. The van der Waals surface area contributed by atoms with E-state index in [-0.39, 0.29) is 0 Å². The molecule has 0 radical (unpaired) electrons. The van der Waals surface area contributed by atoms with Crippen LogP contribution >= 0.6 is 27.7 Å². The molecular formula is C4H6BrNS. The zero-order chi connectivity index (χ0) is 5.70. The van der Waals surface area contributed by atoms with Crippen molar-refractivity contribution in [1.82, 2.24) is 0 Å². The van der Waals surface area contributed by atoms with Gasteiger partial charge in [0.05, 0.1) is 0 Å². The molecule has 0 aliphatic carbocycles. The maximum atomic E-state index is 3.80. The van der Waals surface area contributed by atoms with Gasteiger partial charge in [-0.25, -0.2) is 0 Å². The first-order valence-electron chi connectivity index (χ1n) is 1.71. The SMILES string of the molecule is C=CSC(Br)=NC. The number of hydrogen-bond donors (Lipinski definition) is 0. The van der Waals surface area contributed by atoms with E-state index in [2.05, 4.69) is 27.5 Å². The van der Waals surface area contributed by atoms with Crippen LogP contribution in [0.4, 0.5) is 0 Å². The third-order valence-electron chi connectivity index (χ3n) is 0.356. The molecule has 0 aliphatic heterocycles. The number of nitrogens with zero attached hydrogens (tertiary/aromatic N) is 1. The Morgan fingerprint density at radius 2 is 2.57 bits per heavy atom. The lowest BCUT2D eigenvalue weighted by Crippen LogP contribution is -1.68. The van der Waals surface area contributed by atoms with E-state index in [9.17, 15) is 0 Å². The summed E-state index contributed by atoms with van der Waals surface area (Å²) >= 11 is 4.64. The Labute approximate surface area is 56.0 Å². The monoisotopic (exact) mass is 179 g/mol. The summed E-state index contributed by atoms with van der Waals surface area (Å²) in [5.74, 6) is 0. The molecule has 0 atom stereocenters. The Bertz CT molecular complexity index is 89.7. The number of thioether (sulfide) groups is 1. The zero-order valence-electron chi connectivity index (χ0n) is 4.02. The molecule has 0 aromatic rings. The molecule has 0 bridgehead atoms. The Hall–Kier alpha value is 0.240. The maximum Gasteiger partial charge on any atom is 0.138 e. The second-order valence-corrected chi connectivity index (χ2v) is 2.99. The van der Waals surface area contributed by atoms with Gasteiger partial charge in [0.2, 0.25) is 0 Å². The van der Waals surface area contributed by atoms with Crippen molar-refractivity contribution in [3.05, 3.63) is 12.0 Å². The molecule has 0 fully saturated rings. The topological polar surface area (TPSA) is 12.4 Å². The lowest BCUT2D eigenvalue weighted by atomic mass is 11.3. The van der Waals surface area contributed by atoms with Crippen LogP contribution in [0.3, 0.4) is 0 Å². The molecule has 0 saturated heterocycles. The summed E-state index contributed by atoms with van der Waals surface area (Å²) in [6, 6.07) is 0. The molecule has 0 aromatic heterocycles. The van der Waals surface area contributed by atoms with Crippen LogP contribution in [0.15, 0.2) is 17.0 Å². The van der Waals surface area contributed by atoms with Gasteiger partial charge in [-0.1, -0.05) is 18.3 Å². The first-order valence-corrected chi connectivity index (χ1v) is 3.38. The summed E-state index contributed by atoms with van der Waals surface area (Å²) in [6.45, 7) is 3.50. The predicted molar refractivity (Wildman–Crippen MR) is 40.1 cm³/mol. The van der Waals surface area contributed by atoms with E-state index in [1.165, 1.54) is 11.8 Å². The first-order chi connectivity index (χ1) is 3.31. The quantitative estimate of drug-likeness (QED) is 0.445. The Balaban J connectivity index is 3.36. The second kappa shape index (κ2) is 4.40. The van der Waals surface area contributed by atoms with Crippen LogP contribution in [0.5, 0.6) is 0 Å².